The van der Waals surface area contributed by atoms with Crippen molar-refractivity contribution in [1.29, 1.82) is 0 Å². The standard InChI is InChI=1S/C16H22N2O6S/c1-5-7-15(16(19)24-6-2)17(12(3)4)25(22,23)14-10-8-13(9-11-14)18(20)21/h5,8-12,15H,1,6-7H2,2-4H3. The van der Waals surface area contributed by atoms with Crippen molar-refractivity contribution >= 4 is 21.7 Å². The van der Waals surface area contributed by atoms with E-state index in [9.17, 15) is 23.3 Å². The third kappa shape index (κ3) is 4.86. The molecule has 0 saturated heterocycles. The number of nitro benzene ring substituents is 1. The highest BCUT2D eigenvalue weighted by Crippen LogP contribution is 2.25. The Morgan fingerprint density at radius 1 is 1.36 bits per heavy atom. The molecule has 1 atom stereocenters. The Balaban J connectivity index is 3.36. The predicted octanol–water partition coefficient (Wildman–Crippen LogP) is 2.50. The minimum atomic E-state index is -4.07. The molecule has 0 N–H and O–H groups in total. The van der Waals surface area contributed by atoms with Crippen molar-refractivity contribution in [3.8, 4) is 0 Å². The molecule has 0 saturated carbocycles. The Kier molecular flexibility index (Phi) is 7.25. The van der Waals surface area contributed by atoms with Gasteiger partial charge in [-0.25, -0.2) is 8.42 Å². The number of carbonyl (C=O) groups is 1. The molecule has 8 nitrogen and oxygen atoms in total. The molecule has 0 aliphatic carbocycles. The highest BCUT2D eigenvalue weighted by Gasteiger charge is 2.38. The molecule has 138 valence electrons. The highest BCUT2D eigenvalue weighted by molar-refractivity contribution is 7.89. The number of rotatable bonds is 9. The SMILES string of the molecule is C=CCC(C(=O)OCC)N(C(C)C)S(=O)(=O)c1ccc([N+](=O)[O-])cc1. The van der Waals surface area contributed by atoms with E-state index in [0.717, 1.165) is 28.6 Å². The van der Waals surface area contributed by atoms with E-state index in [1.54, 1.807) is 20.8 Å². The fourth-order valence-corrected chi connectivity index (χ4v) is 4.15. The van der Waals surface area contributed by atoms with E-state index in [4.69, 9.17) is 4.74 Å². The maximum atomic E-state index is 13.0. The molecule has 0 amide bonds. The van der Waals surface area contributed by atoms with Crippen molar-refractivity contribution in [1.82, 2.24) is 4.31 Å². The van der Waals surface area contributed by atoms with Gasteiger partial charge in [0, 0.05) is 18.2 Å². The van der Waals surface area contributed by atoms with E-state index in [2.05, 4.69) is 6.58 Å². The molecule has 9 heteroatoms. The van der Waals surface area contributed by atoms with Gasteiger partial charge in [0.2, 0.25) is 10.0 Å². The molecule has 0 aliphatic heterocycles. The fourth-order valence-electron chi connectivity index (χ4n) is 2.37. The molecule has 1 aromatic carbocycles. The first-order valence-corrected chi connectivity index (χ1v) is 9.16. The van der Waals surface area contributed by atoms with Crippen molar-refractivity contribution in [3.05, 3.63) is 47.0 Å². The van der Waals surface area contributed by atoms with E-state index in [-0.39, 0.29) is 23.6 Å². The van der Waals surface area contributed by atoms with Crippen molar-refractivity contribution < 1.29 is 22.9 Å². The van der Waals surface area contributed by atoms with Gasteiger partial charge in [0.25, 0.3) is 5.69 Å². The molecule has 0 fully saturated rings. The number of nitrogens with zero attached hydrogens (tertiary/aromatic N) is 2. The van der Waals surface area contributed by atoms with Crippen LogP contribution in [0.25, 0.3) is 0 Å². The van der Waals surface area contributed by atoms with Crippen molar-refractivity contribution in [2.45, 2.75) is 44.2 Å². The van der Waals surface area contributed by atoms with E-state index in [1.807, 2.05) is 0 Å². The lowest BCUT2D eigenvalue weighted by Gasteiger charge is -2.31. The first-order chi connectivity index (χ1) is 11.7. The molecule has 25 heavy (non-hydrogen) atoms. The van der Waals surface area contributed by atoms with Crippen LogP contribution in [-0.2, 0) is 19.6 Å². The molecule has 0 radical (unpaired) electrons. The summed E-state index contributed by atoms with van der Waals surface area (Å²) in [7, 11) is -4.07. The van der Waals surface area contributed by atoms with Crippen LogP contribution in [0.1, 0.15) is 27.2 Å². The van der Waals surface area contributed by atoms with Gasteiger partial charge in [-0.2, -0.15) is 4.31 Å². The smallest absolute Gasteiger partial charge is 0.324 e. The fraction of sp³-hybridized carbons (Fsp3) is 0.438. The number of carbonyl (C=O) groups excluding carboxylic acids is 1. The minimum Gasteiger partial charge on any atom is -0.465 e. The molecule has 1 rings (SSSR count). The van der Waals surface area contributed by atoms with E-state index < -0.39 is 33.0 Å². The normalized spacial score (nSPS) is 12.8. The summed E-state index contributed by atoms with van der Waals surface area (Å²) < 4.78 is 32.0. The first-order valence-electron chi connectivity index (χ1n) is 7.72. The second kappa shape index (κ2) is 8.72. The van der Waals surface area contributed by atoms with Gasteiger partial charge >= 0.3 is 5.97 Å². The van der Waals surface area contributed by atoms with Gasteiger partial charge in [-0.1, -0.05) is 6.08 Å². The average Bonchev–Trinajstić information content (AvgIpc) is 2.54. The number of hydrogen-bond acceptors (Lipinski definition) is 6. The van der Waals surface area contributed by atoms with Crippen LogP contribution in [0.2, 0.25) is 0 Å². The Labute approximate surface area is 147 Å². The van der Waals surface area contributed by atoms with Crippen LogP contribution in [0, 0.1) is 10.1 Å². The maximum Gasteiger partial charge on any atom is 0.324 e. The number of ether oxygens (including phenoxy) is 1. The van der Waals surface area contributed by atoms with Crippen molar-refractivity contribution in [2.75, 3.05) is 6.61 Å². The van der Waals surface area contributed by atoms with Crippen LogP contribution in [0.3, 0.4) is 0 Å². The molecule has 0 spiro atoms. The molecular formula is C16H22N2O6S. The van der Waals surface area contributed by atoms with Crippen LogP contribution >= 0.6 is 0 Å². The maximum absolute atomic E-state index is 13.0. The molecule has 1 unspecified atom stereocenters. The number of benzene rings is 1. The topological polar surface area (TPSA) is 107 Å². The average molecular weight is 370 g/mol. The number of sulfonamides is 1. The van der Waals surface area contributed by atoms with Crippen molar-refractivity contribution in [3.63, 3.8) is 0 Å². The van der Waals surface area contributed by atoms with Gasteiger partial charge in [0.15, 0.2) is 0 Å². The summed E-state index contributed by atoms with van der Waals surface area (Å²) >= 11 is 0. The summed E-state index contributed by atoms with van der Waals surface area (Å²) in [5.41, 5.74) is -0.219. The van der Waals surface area contributed by atoms with Gasteiger partial charge in [0.1, 0.15) is 6.04 Å². The van der Waals surface area contributed by atoms with Crippen LogP contribution in [-0.4, -0.2) is 42.3 Å². The van der Waals surface area contributed by atoms with Gasteiger partial charge in [0.05, 0.1) is 16.4 Å². The second-order valence-electron chi connectivity index (χ2n) is 5.47. The Morgan fingerprint density at radius 2 is 1.92 bits per heavy atom. The highest BCUT2D eigenvalue weighted by atomic mass is 32.2. The summed E-state index contributed by atoms with van der Waals surface area (Å²) in [5, 5.41) is 10.7. The molecule has 0 heterocycles. The quantitative estimate of drug-likeness (QED) is 0.286. The predicted molar refractivity (Wildman–Crippen MR) is 92.5 cm³/mol. The molecule has 1 aromatic rings. The van der Waals surface area contributed by atoms with E-state index in [0.29, 0.717) is 0 Å². The zero-order valence-electron chi connectivity index (χ0n) is 14.4. The zero-order chi connectivity index (χ0) is 19.2. The number of non-ortho nitro benzene ring substituents is 1. The van der Waals surface area contributed by atoms with Gasteiger partial charge in [-0.05, 0) is 39.3 Å². The van der Waals surface area contributed by atoms with Crippen LogP contribution in [0.5, 0.6) is 0 Å². The van der Waals surface area contributed by atoms with Gasteiger partial charge < -0.3 is 4.74 Å². The van der Waals surface area contributed by atoms with Crippen LogP contribution in [0.4, 0.5) is 5.69 Å². The lowest BCUT2D eigenvalue weighted by atomic mass is 10.2. The van der Waals surface area contributed by atoms with E-state index >= 15 is 0 Å². The van der Waals surface area contributed by atoms with Crippen molar-refractivity contribution in [2.24, 2.45) is 0 Å². The zero-order valence-corrected chi connectivity index (χ0v) is 15.2. The number of hydrogen-bond donors (Lipinski definition) is 0. The monoisotopic (exact) mass is 370 g/mol. The Bertz CT molecular complexity index is 727. The number of nitro groups is 1. The Morgan fingerprint density at radius 3 is 2.32 bits per heavy atom. The molecule has 0 aromatic heterocycles. The first kappa shape index (κ1) is 20.8. The summed E-state index contributed by atoms with van der Waals surface area (Å²) in [5.74, 6) is -0.665. The Hall–Kier alpha value is -2.26. The summed E-state index contributed by atoms with van der Waals surface area (Å²) in [4.78, 5) is 22.2. The molecule has 0 bridgehead atoms. The van der Waals surface area contributed by atoms with Gasteiger partial charge in [-0.15, -0.1) is 6.58 Å². The minimum absolute atomic E-state index is 0.0865. The van der Waals surface area contributed by atoms with E-state index in [1.165, 1.54) is 6.08 Å². The van der Waals surface area contributed by atoms with Crippen LogP contribution in [0.15, 0.2) is 41.8 Å². The largest absolute Gasteiger partial charge is 0.465 e. The summed E-state index contributed by atoms with van der Waals surface area (Å²) in [6.07, 6.45) is 1.53. The molecular weight excluding hydrogens is 348 g/mol. The lowest BCUT2D eigenvalue weighted by molar-refractivity contribution is -0.384. The molecule has 0 aliphatic rings. The third-order valence-electron chi connectivity index (χ3n) is 3.39. The van der Waals surface area contributed by atoms with Crippen LogP contribution < -0.4 is 0 Å². The summed E-state index contributed by atoms with van der Waals surface area (Å²) in [6, 6.07) is 2.93. The third-order valence-corrected chi connectivity index (χ3v) is 5.49. The van der Waals surface area contributed by atoms with Gasteiger partial charge in [-0.3, -0.25) is 14.9 Å². The number of esters is 1. The summed E-state index contributed by atoms with van der Waals surface area (Å²) in [6.45, 7) is 8.59. The lowest BCUT2D eigenvalue weighted by Crippen LogP contribution is -2.49. The second-order valence-corrected chi connectivity index (χ2v) is 7.32.